The number of carbonyl (C=O) groups is 2. The molecule has 3 fully saturated rings. The van der Waals surface area contributed by atoms with E-state index in [0.29, 0.717) is 19.4 Å². The summed E-state index contributed by atoms with van der Waals surface area (Å²) in [5.41, 5.74) is -0.140. The zero-order valence-electron chi connectivity index (χ0n) is 23.0. The molecule has 1 aliphatic carbocycles. The number of hydrogen-bond donors (Lipinski definition) is 2. The second kappa shape index (κ2) is 11.6. The molecule has 212 valence electrons. The number of cyclic esters (lactones) is 1. The van der Waals surface area contributed by atoms with E-state index in [0.717, 1.165) is 12.0 Å². The van der Waals surface area contributed by atoms with Crippen molar-refractivity contribution >= 4 is 11.9 Å². The molecule has 0 aromatic rings. The summed E-state index contributed by atoms with van der Waals surface area (Å²) in [6, 6.07) is 0. The molecule has 4 rings (SSSR count). The summed E-state index contributed by atoms with van der Waals surface area (Å²) in [4.78, 5) is 25.8. The molecule has 3 aliphatic heterocycles. The highest BCUT2D eigenvalue weighted by Gasteiger charge is 2.78. The van der Waals surface area contributed by atoms with Crippen LogP contribution >= 0.6 is 0 Å². The van der Waals surface area contributed by atoms with Gasteiger partial charge >= 0.3 is 11.9 Å². The highest BCUT2D eigenvalue weighted by molar-refractivity contribution is 5.82. The third-order valence-corrected chi connectivity index (χ3v) is 8.93. The maximum Gasteiger partial charge on any atom is 0.335 e. The smallest absolute Gasteiger partial charge is 0.335 e. The van der Waals surface area contributed by atoms with Crippen LogP contribution < -0.4 is 0 Å². The van der Waals surface area contributed by atoms with Gasteiger partial charge in [-0.05, 0) is 32.6 Å². The lowest BCUT2D eigenvalue weighted by Gasteiger charge is -2.48. The number of aliphatic hydroxyl groups excluding tert-OH is 2. The van der Waals surface area contributed by atoms with Crippen LogP contribution in [0.4, 0.5) is 0 Å². The maximum absolute atomic E-state index is 12.9. The molecular formula is C29H42O9. The van der Waals surface area contributed by atoms with E-state index in [1.54, 1.807) is 32.1 Å². The molecule has 4 aliphatic rings. The molecule has 9 nitrogen and oxygen atoms in total. The number of esters is 2. The van der Waals surface area contributed by atoms with Gasteiger partial charge in [-0.15, -0.1) is 0 Å². The summed E-state index contributed by atoms with van der Waals surface area (Å²) < 4.78 is 30.0. The van der Waals surface area contributed by atoms with E-state index in [1.165, 1.54) is 6.08 Å². The van der Waals surface area contributed by atoms with Gasteiger partial charge in [0.05, 0.1) is 31.5 Å². The van der Waals surface area contributed by atoms with Gasteiger partial charge in [0.15, 0.2) is 6.10 Å². The van der Waals surface area contributed by atoms with Gasteiger partial charge in [0.1, 0.15) is 17.8 Å². The monoisotopic (exact) mass is 534 g/mol. The van der Waals surface area contributed by atoms with Gasteiger partial charge < -0.3 is 33.9 Å². The number of ether oxygens (including phenoxy) is 5. The predicted octanol–water partition coefficient (Wildman–Crippen LogP) is 2.64. The zero-order chi connectivity index (χ0) is 27.7. The molecule has 9 heteroatoms. The van der Waals surface area contributed by atoms with Crippen LogP contribution in [0, 0.1) is 17.3 Å². The molecule has 2 saturated heterocycles. The van der Waals surface area contributed by atoms with Crippen molar-refractivity contribution in [1.82, 2.24) is 0 Å². The Morgan fingerprint density at radius 2 is 2.00 bits per heavy atom. The van der Waals surface area contributed by atoms with Crippen LogP contribution in [-0.2, 0) is 33.3 Å². The lowest BCUT2D eigenvalue weighted by molar-refractivity contribution is -0.187. The largest absolute Gasteiger partial charge is 0.463 e. The molecule has 3 heterocycles. The van der Waals surface area contributed by atoms with Gasteiger partial charge in [0.25, 0.3) is 0 Å². The Balaban J connectivity index is 1.67. The number of rotatable bonds is 3. The molecule has 2 N–H and O–H groups in total. The average molecular weight is 535 g/mol. The fourth-order valence-electron chi connectivity index (χ4n) is 6.04. The fourth-order valence-corrected chi connectivity index (χ4v) is 6.04. The minimum Gasteiger partial charge on any atom is -0.463 e. The molecular weight excluding hydrogens is 492 g/mol. The van der Waals surface area contributed by atoms with Crippen molar-refractivity contribution in [2.24, 2.45) is 17.3 Å². The lowest BCUT2D eigenvalue weighted by atomic mass is 9.64. The van der Waals surface area contributed by atoms with E-state index in [2.05, 4.69) is 13.0 Å². The maximum atomic E-state index is 12.9. The molecule has 0 aromatic heterocycles. The Hall–Kier alpha value is -2.04. The summed E-state index contributed by atoms with van der Waals surface area (Å²) in [6.07, 6.45) is 6.12. The van der Waals surface area contributed by atoms with Crippen LogP contribution in [-0.4, -0.2) is 84.2 Å². The first-order valence-electron chi connectivity index (χ1n) is 13.7. The lowest BCUT2D eigenvalue weighted by Crippen LogP contribution is -2.59. The highest BCUT2D eigenvalue weighted by atomic mass is 16.6. The van der Waals surface area contributed by atoms with Crippen LogP contribution in [0.5, 0.6) is 0 Å². The third-order valence-electron chi connectivity index (χ3n) is 8.93. The first-order chi connectivity index (χ1) is 18.0. The molecule has 0 amide bonds. The number of hydrogen-bond acceptors (Lipinski definition) is 9. The first-order valence-corrected chi connectivity index (χ1v) is 13.7. The van der Waals surface area contributed by atoms with E-state index in [9.17, 15) is 19.8 Å². The van der Waals surface area contributed by atoms with Crippen molar-refractivity contribution in [2.75, 3.05) is 19.8 Å². The number of epoxide rings is 1. The van der Waals surface area contributed by atoms with Gasteiger partial charge in [-0.3, -0.25) is 0 Å². The Bertz CT molecular complexity index is 965. The zero-order valence-corrected chi connectivity index (χ0v) is 23.0. The van der Waals surface area contributed by atoms with Crippen LogP contribution in [0.1, 0.15) is 53.9 Å². The van der Waals surface area contributed by atoms with E-state index >= 15 is 0 Å². The number of allylic oxidation sites excluding steroid dienone is 3. The number of carbonyl (C=O) groups excluding carboxylic acids is 2. The average Bonchev–Trinajstić information content (AvgIpc) is 3.66. The Labute approximate surface area is 224 Å². The van der Waals surface area contributed by atoms with Crippen molar-refractivity contribution in [3.63, 3.8) is 0 Å². The molecule has 0 unspecified atom stereocenters. The van der Waals surface area contributed by atoms with E-state index in [1.807, 2.05) is 13.8 Å². The predicted molar refractivity (Wildman–Crippen MR) is 138 cm³/mol. The topological polar surface area (TPSA) is 124 Å². The minimum atomic E-state index is -1.33. The number of aliphatic hydroxyl groups is 2. The van der Waals surface area contributed by atoms with Gasteiger partial charge in [0.2, 0.25) is 0 Å². The van der Waals surface area contributed by atoms with Crippen LogP contribution in [0.25, 0.3) is 0 Å². The summed E-state index contributed by atoms with van der Waals surface area (Å²) in [6.45, 7) is 10.2. The van der Waals surface area contributed by atoms with Crippen molar-refractivity contribution < 1.29 is 43.5 Å². The Morgan fingerprint density at radius 3 is 2.66 bits per heavy atom. The molecule has 1 spiro atoms. The van der Waals surface area contributed by atoms with Gasteiger partial charge in [0, 0.05) is 30.4 Å². The van der Waals surface area contributed by atoms with Crippen LogP contribution in [0.3, 0.4) is 0 Å². The van der Waals surface area contributed by atoms with Gasteiger partial charge in [-0.25, -0.2) is 9.59 Å². The van der Waals surface area contributed by atoms with Crippen molar-refractivity contribution in [1.29, 1.82) is 0 Å². The quantitative estimate of drug-likeness (QED) is 0.319. The molecule has 0 aromatic carbocycles. The highest BCUT2D eigenvalue weighted by Crippen LogP contribution is 2.65. The second-order valence-corrected chi connectivity index (χ2v) is 11.3. The normalized spacial score (nSPS) is 44.9. The first kappa shape index (κ1) is 29.0. The molecule has 0 radical (unpaired) electrons. The molecule has 38 heavy (non-hydrogen) atoms. The van der Waals surface area contributed by atoms with Crippen molar-refractivity contribution in [3.05, 3.63) is 36.0 Å². The Morgan fingerprint density at radius 1 is 1.26 bits per heavy atom. The molecule has 1 saturated carbocycles. The Kier molecular flexibility index (Phi) is 8.84. The fraction of sp³-hybridized carbons (Fsp3) is 0.724. The summed E-state index contributed by atoms with van der Waals surface area (Å²) >= 11 is 0. The minimum absolute atomic E-state index is 0.0116. The van der Waals surface area contributed by atoms with Gasteiger partial charge in [-0.1, -0.05) is 50.6 Å². The summed E-state index contributed by atoms with van der Waals surface area (Å²) in [7, 11) is 0. The summed E-state index contributed by atoms with van der Waals surface area (Å²) in [5, 5.41) is 20.7. The van der Waals surface area contributed by atoms with E-state index in [-0.39, 0.29) is 31.3 Å². The van der Waals surface area contributed by atoms with Gasteiger partial charge in [-0.2, -0.15) is 0 Å². The standard InChI is InChI=1S/C29H42O9/c1-6-17(2)13-22-20-15-35-27(33)26(32)18(3)11-12-34-21(19(4)30)9-7-8-10-25(31)38-23-14-24(37-22)29(16-36-29)28(20,23)5/h7-10,13,18-24,26,30,32H,6,11-12,14-16H2,1-5H3/b9-7-,10-8-,17-13+/t18-,19-,20-,21+,22-,23-,24-,26-,28+,29-/m0/s1. The SMILES string of the molecule is CC/C(C)=C/[C@@H]1O[C@H]2C[C@@H]3OC(=O)/C=C\C=C/[C@H]([C@H](C)O)OCC[C@H](C)[C@H](O)C(=O)OC[C@@H]1[C@@]3(C)[C@]21CO1. The van der Waals surface area contributed by atoms with Crippen LogP contribution in [0.15, 0.2) is 36.0 Å². The summed E-state index contributed by atoms with van der Waals surface area (Å²) in [5.74, 6) is -1.99. The second-order valence-electron chi connectivity index (χ2n) is 11.3. The molecule has 2 bridgehead atoms. The van der Waals surface area contributed by atoms with E-state index < -0.39 is 53.3 Å². The van der Waals surface area contributed by atoms with Crippen molar-refractivity contribution in [3.8, 4) is 0 Å². The van der Waals surface area contributed by atoms with Crippen molar-refractivity contribution in [2.45, 2.75) is 96.1 Å². The van der Waals surface area contributed by atoms with Crippen LogP contribution in [0.2, 0.25) is 0 Å². The molecule has 10 atom stereocenters. The third kappa shape index (κ3) is 5.49. The van der Waals surface area contributed by atoms with E-state index in [4.69, 9.17) is 23.7 Å².